The third-order valence-electron chi connectivity index (χ3n) is 3.94. The Kier molecular flexibility index (Phi) is 4.22. The molecule has 1 aliphatic carbocycles. The van der Waals surface area contributed by atoms with Crippen molar-refractivity contribution in [3.63, 3.8) is 0 Å². The fourth-order valence-corrected chi connectivity index (χ4v) is 2.78. The second-order valence-corrected chi connectivity index (χ2v) is 5.58. The molecule has 1 saturated heterocycles. The average molecular weight is 300 g/mol. The standard InChI is InChI=1S/C13H20N2O6/c1-4(14)12(19)15-10-5(2)21-13(20)8-6(16)3-7(17)11(18)9(8)10/h4-5,7,9-11,16-18H,3,14H2,1-2H3,(H,15,19)/t4-,5-,7+,9?,10-,11-/m0/s1. The largest absolute Gasteiger partial charge is 0.512 e. The van der Waals surface area contributed by atoms with Crippen LogP contribution in [0.2, 0.25) is 0 Å². The first kappa shape index (κ1) is 15.7. The molecule has 1 amide bonds. The van der Waals surface area contributed by atoms with E-state index in [4.69, 9.17) is 10.5 Å². The van der Waals surface area contributed by atoms with Crippen molar-refractivity contribution in [2.24, 2.45) is 11.7 Å². The maximum Gasteiger partial charge on any atom is 0.338 e. The Labute approximate surface area is 121 Å². The number of hydrogen-bond donors (Lipinski definition) is 5. The van der Waals surface area contributed by atoms with E-state index in [2.05, 4.69) is 5.32 Å². The van der Waals surface area contributed by atoms with Gasteiger partial charge in [-0.3, -0.25) is 4.79 Å². The molecule has 2 aliphatic rings. The van der Waals surface area contributed by atoms with Gasteiger partial charge in [0.05, 0.1) is 29.9 Å². The molecule has 8 heteroatoms. The molecular weight excluding hydrogens is 280 g/mol. The number of hydrogen-bond acceptors (Lipinski definition) is 7. The Hall–Kier alpha value is -1.64. The van der Waals surface area contributed by atoms with Gasteiger partial charge < -0.3 is 31.1 Å². The Morgan fingerprint density at radius 3 is 2.67 bits per heavy atom. The number of nitrogens with two attached hydrogens (primary N) is 1. The quantitative estimate of drug-likeness (QED) is 0.383. The summed E-state index contributed by atoms with van der Waals surface area (Å²) >= 11 is 0. The van der Waals surface area contributed by atoms with Crippen molar-refractivity contribution in [2.75, 3.05) is 0 Å². The Morgan fingerprint density at radius 1 is 1.48 bits per heavy atom. The van der Waals surface area contributed by atoms with Crippen LogP contribution >= 0.6 is 0 Å². The number of cyclic esters (lactones) is 1. The number of esters is 1. The van der Waals surface area contributed by atoms with Crippen LogP contribution in [-0.2, 0) is 14.3 Å². The molecule has 0 spiro atoms. The number of ether oxygens (including phenoxy) is 1. The van der Waals surface area contributed by atoms with Crippen LogP contribution in [0.25, 0.3) is 0 Å². The summed E-state index contributed by atoms with van der Waals surface area (Å²) in [5, 5.41) is 32.4. The highest BCUT2D eigenvalue weighted by atomic mass is 16.5. The maximum atomic E-state index is 11.9. The number of amides is 1. The molecule has 0 bridgehead atoms. The van der Waals surface area contributed by atoms with Gasteiger partial charge in [-0.1, -0.05) is 0 Å². The van der Waals surface area contributed by atoms with Crippen LogP contribution in [-0.4, -0.2) is 57.6 Å². The minimum atomic E-state index is -1.29. The zero-order chi connectivity index (χ0) is 15.9. The van der Waals surface area contributed by atoms with E-state index in [1.165, 1.54) is 6.92 Å². The molecule has 8 nitrogen and oxygen atoms in total. The fraction of sp³-hybridized carbons (Fsp3) is 0.692. The predicted molar refractivity (Wildman–Crippen MR) is 70.9 cm³/mol. The van der Waals surface area contributed by atoms with Gasteiger partial charge in [-0.25, -0.2) is 4.79 Å². The van der Waals surface area contributed by atoms with Crippen molar-refractivity contribution in [3.05, 3.63) is 11.3 Å². The van der Waals surface area contributed by atoms with E-state index in [0.29, 0.717) is 0 Å². The van der Waals surface area contributed by atoms with Crippen LogP contribution in [0.4, 0.5) is 0 Å². The molecule has 1 fully saturated rings. The lowest BCUT2D eigenvalue weighted by molar-refractivity contribution is -0.159. The summed E-state index contributed by atoms with van der Waals surface area (Å²) < 4.78 is 5.10. The first-order chi connectivity index (χ1) is 9.73. The van der Waals surface area contributed by atoms with E-state index >= 15 is 0 Å². The third kappa shape index (κ3) is 2.74. The van der Waals surface area contributed by atoms with Crippen molar-refractivity contribution in [1.29, 1.82) is 0 Å². The van der Waals surface area contributed by atoms with Crippen LogP contribution in [0.1, 0.15) is 20.3 Å². The number of carbonyl (C=O) groups excluding carboxylic acids is 2. The van der Waals surface area contributed by atoms with Gasteiger partial charge >= 0.3 is 5.97 Å². The lowest BCUT2D eigenvalue weighted by Gasteiger charge is -2.43. The summed E-state index contributed by atoms with van der Waals surface area (Å²) in [7, 11) is 0. The first-order valence-electron chi connectivity index (χ1n) is 6.79. The van der Waals surface area contributed by atoms with E-state index in [0.717, 1.165) is 0 Å². The predicted octanol–water partition coefficient (Wildman–Crippen LogP) is -1.68. The fourth-order valence-electron chi connectivity index (χ4n) is 2.78. The molecule has 6 N–H and O–H groups in total. The second kappa shape index (κ2) is 5.63. The molecule has 6 atom stereocenters. The minimum Gasteiger partial charge on any atom is -0.512 e. The van der Waals surface area contributed by atoms with Gasteiger partial charge in [0.25, 0.3) is 0 Å². The monoisotopic (exact) mass is 300 g/mol. The summed E-state index contributed by atoms with van der Waals surface area (Å²) in [6, 6.07) is -1.55. The number of aliphatic hydroxyl groups excluding tert-OH is 3. The van der Waals surface area contributed by atoms with Crippen molar-refractivity contribution in [2.45, 2.75) is 50.7 Å². The molecule has 118 valence electrons. The molecule has 0 aromatic rings. The smallest absolute Gasteiger partial charge is 0.338 e. The summed E-state index contributed by atoms with van der Waals surface area (Å²) in [5.41, 5.74) is 5.39. The van der Waals surface area contributed by atoms with E-state index in [9.17, 15) is 24.9 Å². The molecule has 1 unspecified atom stereocenters. The van der Waals surface area contributed by atoms with E-state index in [1.807, 2.05) is 0 Å². The second-order valence-electron chi connectivity index (χ2n) is 5.58. The Balaban J connectivity index is 2.37. The van der Waals surface area contributed by atoms with Crippen LogP contribution in [0, 0.1) is 5.92 Å². The maximum absolute atomic E-state index is 11.9. The van der Waals surface area contributed by atoms with E-state index in [-0.39, 0.29) is 17.8 Å². The van der Waals surface area contributed by atoms with Gasteiger partial charge in [0.2, 0.25) is 5.91 Å². The molecular formula is C13H20N2O6. The molecule has 2 rings (SSSR count). The number of rotatable bonds is 2. The number of nitrogens with one attached hydrogen (secondary N) is 1. The molecule has 1 heterocycles. The molecule has 0 radical (unpaired) electrons. The lowest BCUT2D eigenvalue weighted by atomic mass is 9.74. The Morgan fingerprint density at radius 2 is 2.10 bits per heavy atom. The van der Waals surface area contributed by atoms with Crippen molar-refractivity contribution < 1.29 is 29.6 Å². The van der Waals surface area contributed by atoms with Crippen LogP contribution in [0.5, 0.6) is 0 Å². The highest BCUT2D eigenvalue weighted by Gasteiger charge is 2.50. The van der Waals surface area contributed by atoms with Gasteiger partial charge in [0.1, 0.15) is 11.9 Å². The summed E-state index contributed by atoms with van der Waals surface area (Å²) in [6.07, 6.45) is -3.46. The SMILES string of the molecule is C[C@H](N)C(=O)N[C@@H]1C2C(=C(O)C[C@@H](O)[C@@H]2O)C(=O)O[C@H]1C. The zero-order valence-electron chi connectivity index (χ0n) is 11.8. The number of fused-ring (bicyclic) bond motifs is 1. The molecule has 1 aliphatic heterocycles. The van der Waals surface area contributed by atoms with E-state index < -0.39 is 48.2 Å². The van der Waals surface area contributed by atoms with Gasteiger partial charge in [-0.05, 0) is 13.8 Å². The van der Waals surface area contributed by atoms with Crippen LogP contribution in [0.15, 0.2) is 11.3 Å². The number of carbonyl (C=O) groups is 2. The average Bonchev–Trinajstić information content (AvgIpc) is 2.38. The minimum absolute atomic E-state index is 0.0964. The van der Waals surface area contributed by atoms with Crippen molar-refractivity contribution in [3.8, 4) is 0 Å². The van der Waals surface area contributed by atoms with Gasteiger partial charge in [-0.2, -0.15) is 0 Å². The highest BCUT2D eigenvalue weighted by molar-refractivity contribution is 5.92. The van der Waals surface area contributed by atoms with E-state index in [1.54, 1.807) is 6.92 Å². The lowest BCUT2D eigenvalue weighted by Crippen LogP contribution is -2.61. The molecule has 0 saturated carbocycles. The molecule has 0 aromatic heterocycles. The van der Waals surface area contributed by atoms with Gasteiger partial charge in [-0.15, -0.1) is 0 Å². The van der Waals surface area contributed by atoms with Crippen LogP contribution < -0.4 is 11.1 Å². The third-order valence-corrected chi connectivity index (χ3v) is 3.94. The Bertz CT molecular complexity index is 489. The zero-order valence-corrected chi connectivity index (χ0v) is 11.8. The highest BCUT2D eigenvalue weighted by Crippen LogP contribution is 2.37. The molecule has 21 heavy (non-hydrogen) atoms. The summed E-state index contributed by atoms with van der Waals surface area (Å²) in [5.74, 6) is -2.49. The van der Waals surface area contributed by atoms with Crippen LogP contribution in [0.3, 0.4) is 0 Å². The van der Waals surface area contributed by atoms with Gasteiger partial charge in [0, 0.05) is 12.3 Å². The normalized spacial score (nSPS) is 37.6. The first-order valence-corrected chi connectivity index (χ1v) is 6.79. The van der Waals surface area contributed by atoms with Gasteiger partial charge in [0.15, 0.2) is 0 Å². The topological polar surface area (TPSA) is 142 Å². The van der Waals surface area contributed by atoms with Crippen molar-refractivity contribution >= 4 is 11.9 Å². The number of aliphatic hydroxyl groups is 3. The summed E-state index contributed by atoms with van der Waals surface area (Å²) in [6.45, 7) is 3.06. The summed E-state index contributed by atoms with van der Waals surface area (Å²) in [4.78, 5) is 23.7. The van der Waals surface area contributed by atoms with Crippen molar-refractivity contribution in [1.82, 2.24) is 5.32 Å². The molecule has 0 aromatic carbocycles.